The van der Waals surface area contributed by atoms with Crippen molar-refractivity contribution in [3.05, 3.63) is 52.4 Å². The number of aromatic hydroxyl groups is 1. The van der Waals surface area contributed by atoms with Crippen molar-refractivity contribution in [3.8, 4) is 5.75 Å². The molecule has 0 aliphatic carbocycles. The number of pyridine rings is 1. The van der Waals surface area contributed by atoms with Crippen molar-refractivity contribution in [2.24, 2.45) is 0 Å². The number of ether oxygens (including phenoxy) is 1. The van der Waals surface area contributed by atoms with Crippen molar-refractivity contribution < 1.29 is 23.1 Å². The van der Waals surface area contributed by atoms with Crippen LogP contribution in [0.15, 0.2) is 46.2 Å². The summed E-state index contributed by atoms with van der Waals surface area (Å²) in [6.45, 7) is 1.10. The van der Waals surface area contributed by atoms with Crippen LogP contribution < -0.4 is 10.9 Å². The second kappa shape index (κ2) is 7.28. The van der Waals surface area contributed by atoms with Crippen LogP contribution >= 0.6 is 0 Å². The van der Waals surface area contributed by atoms with Crippen molar-refractivity contribution in [3.63, 3.8) is 0 Å². The molecule has 9 nitrogen and oxygen atoms in total. The maximum atomic E-state index is 12.7. The fourth-order valence-electron chi connectivity index (χ4n) is 2.46. The van der Waals surface area contributed by atoms with Gasteiger partial charge in [0.2, 0.25) is 15.6 Å². The molecule has 138 valence electrons. The van der Waals surface area contributed by atoms with Gasteiger partial charge < -0.3 is 20.1 Å². The average molecular weight is 379 g/mol. The van der Waals surface area contributed by atoms with Crippen LogP contribution in [0.4, 0.5) is 5.69 Å². The number of sulfonamides is 1. The SMILES string of the molecule is O=C(Nc1cc(S(=O)(=O)N2CCOCC2)ccc1O)c1ccc(=O)[nH]c1. The summed E-state index contributed by atoms with van der Waals surface area (Å²) >= 11 is 0. The molecular formula is C16H17N3O6S. The summed E-state index contributed by atoms with van der Waals surface area (Å²) in [6.07, 6.45) is 1.23. The summed E-state index contributed by atoms with van der Waals surface area (Å²) in [6, 6.07) is 6.18. The zero-order chi connectivity index (χ0) is 18.7. The van der Waals surface area contributed by atoms with E-state index in [2.05, 4.69) is 10.3 Å². The Labute approximate surface area is 149 Å². The van der Waals surface area contributed by atoms with Crippen LogP contribution in [0.3, 0.4) is 0 Å². The van der Waals surface area contributed by atoms with E-state index in [4.69, 9.17) is 4.74 Å². The van der Waals surface area contributed by atoms with Crippen LogP contribution in [0, 0.1) is 0 Å². The maximum absolute atomic E-state index is 12.7. The molecule has 1 aliphatic rings. The molecule has 1 aromatic carbocycles. The first kappa shape index (κ1) is 18.1. The molecule has 26 heavy (non-hydrogen) atoms. The Kier molecular flexibility index (Phi) is 5.07. The standard InChI is InChI=1S/C16H17N3O6S/c20-14-3-2-12(26(23,24)19-5-7-25-8-6-19)9-13(14)18-16(22)11-1-4-15(21)17-10-11/h1-4,9-10,20H,5-8H2,(H,17,21)(H,18,22). The Morgan fingerprint density at radius 1 is 1.19 bits per heavy atom. The van der Waals surface area contributed by atoms with E-state index in [1.54, 1.807) is 0 Å². The lowest BCUT2D eigenvalue weighted by atomic mass is 10.2. The lowest BCUT2D eigenvalue weighted by Crippen LogP contribution is -2.40. The number of morpholine rings is 1. The first-order valence-electron chi connectivity index (χ1n) is 7.79. The van der Waals surface area contributed by atoms with Crippen molar-refractivity contribution in [1.82, 2.24) is 9.29 Å². The number of carbonyl (C=O) groups excluding carboxylic acids is 1. The predicted octanol–water partition coefficient (Wildman–Crippen LogP) is 0.354. The molecule has 2 heterocycles. The first-order valence-corrected chi connectivity index (χ1v) is 9.23. The third-order valence-corrected chi connectivity index (χ3v) is 5.77. The molecule has 0 radical (unpaired) electrons. The quantitative estimate of drug-likeness (QED) is 0.658. The fourth-order valence-corrected chi connectivity index (χ4v) is 3.89. The number of hydrogen-bond donors (Lipinski definition) is 3. The van der Waals surface area contributed by atoms with Crippen molar-refractivity contribution in [2.45, 2.75) is 4.90 Å². The summed E-state index contributed by atoms with van der Waals surface area (Å²) in [7, 11) is -3.76. The van der Waals surface area contributed by atoms with Gasteiger partial charge in [-0.15, -0.1) is 0 Å². The van der Waals surface area contributed by atoms with Gasteiger partial charge in [-0.25, -0.2) is 8.42 Å². The van der Waals surface area contributed by atoms with Crippen LogP contribution in [0.2, 0.25) is 0 Å². The first-order chi connectivity index (χ1) is 12.4. The maximum Gasteiger partial charge on any atom is 0.257 e. The largest absolute Gasteiger partial charge is 0.506 e. The zero-order valence-electron chi connectivity index (χ0n) is 13.6. The summed E-state index contributed by atoms with van der Waals surface area (Å²) in [4.78, 5) is 25.6. The Hall–Kier alpha value is -2.69. The van der Waals surface area contributed by atoms with E-state index in [0.717, 1.165) is 0 Å². The van der Waals surface area contributed by atoms with E-state index in [-0.39, 0.29) is 40.5 Å². The summed E-state index contributed by atoms with van der Waals surface area (Å²) in [5, 5.41) is 12.4. The Morgan fingerprint density at radius 3 is 2.58 bits per heavy atom. The molecule has 0 spiro atoms. The number of phenols is 1. The summed E-state index contributed by atoms with van der Waals surface area (Å²) < 4.78 is 31.8. The number of carbonyl (C=O) groups is 1. The van der Waals surface area contributed by atoms with Gasteiger partial charge in [-0.1, -0.05) is 0 Å². The molecule has 1 aliphatic heterocycles. The van der Waals surface area contributed by atoms with Crippen molar-refractivity contribution >= 4 is 21.6 Å². The number of phenolic OH excluding ortho intramolecular Hbond substituents is 1. The smallest absolute Gasteiger partial charge is 0.257 e. The average Bonchev–Trinajstić information content (AvgIpc) is 2.64. The van der Waals surface area contributed by atoms with Gasteiger partial charge >= 0.3 is 0 Å². The molecule has 3 N–H and O–H groups in total. The Balaban J connectivity index is 1.86. The highest BCUT2D eigenvalue weighted by molar-refractivity contribution is 7.89. The molecule has 1 fully saturated rings. The van der Waals surface area contributed by atoms with Gasteiger partial charge in [0.1, 0.15) is 5.75 Å². The molecule has 2 aromatic rings. The molecule has 0 atom stereocenters. The highest BCUT2D eigenvalue weighted by atomic mass is 32.2. The number of nitrogens with one attached hydrogen (secondary N) is 2. The van der Waals surface area contributed by atoms with Gasteiger partial charge in [0, 0.05) is 25.4 Å². The topological polar surface area (TPSA) is 129 Å². The second-order valence-electron chi connectivity index (χ2n) is 5.59. The van der Waals surface area contributed by atoms with Crippen LogP contribution in [-0.2, 0) is 14.8 Å². The highest BCUT2D eigenvalue weighted by Gasteiger charge is 2.27. The van der Waals surface area contributed by atoms with Gasteiger partial charge in [0.05, 0.1) is 29.4 Å². The molecular weight excluding hydrogens is 362 g/mol. The van der Waals surface area contributed by atoms with Gasteiger partial charge in [-0.05, 0) is 24.3 Å². The zero-order valence-corrected chi connectivity index (χ0v) is 14.5. The minimum absolute atomic E-state index is 0.0458. The molecule has 0 bridgehead atoms. The Bertz CT molecular complexity index is 959. The van der Waals surface area contributed by atoms with Crippen LogP contribution in [0.1, 0.15) is 10.4 Å². The van der Waals surface area contributed by atoms with E-state index in [1.807, 2.05) is 0 Å². The van der Waals surface area contributed by atoms with E-state index >= 15 is 0 Å². The highest BCUT2D eigenvalue weighted by Crippen LogP contribution is 2.28. The number of amides is 1. The van der Waals surface area contributed by atoms with Crippen molar-refractivity contribution in [1.29, 1.82) is 0 Å². The minimum atomic E-state index is -3.76. The van der Waals surface area contributed by atoms with E-state index in [1.165, 1.54) is 40.8 Å². The van der Waals surface area contributed by atoms with Gasteiger partial charge in [0.25, 0.3) is 5.91 Å². The van der Waals surface area contributed by atoms with Crippen LogP contribution in [0.25, 0.3) is 0 Å². The second-order valence-corrected chi connectivity index (χ2v) is 7.53. The molecule has 1 amide bonds. The van der Waals surface area contributed by atoms with E-state index in [9.17, 15) is 23.1 Å². The van der Waals surface area contributed by atoms with Gasteiger partial charge in [0.15, 0.2) is 0 Å². The normalized spacial score (nSPS) is 15.5. The minimum Gasteiger partial charge on any atom is -0.506 e. The Morgan fingerprint density at radius 2 is 1.92 bits per heavy atom. The summed E-state index contributed by atoms with van der Waals surface area (Å²) in [5.41, 5.74) is -0.246. The van der Waals surface area contributed by atoms with E-state index < -0.39 is 15.9 Å². The number of benzene rings is 1. The van der Waals surface area contributed by atoms with Gasteiger partial charge in [-0.2, -0.15) is 4.31 Å². The molecule has 1 saturated heterocycles. The summed E-state index contributed by atoms with van der Waals surface area (Å²) in [5.74, 6) is -0.874. The van der Waals surface area contributed by atoms with Crippen LogP contribution in [-0.4, -0.2) is 55.0 Å². The third kappa shape index (κ3) is 3.77. The fraction of sp³-hybridized carbons (Fsp3) is 0.250. The molecule has 10 heteroatoms. The lowest BCUT2D eigenvalue weighted by molar-refractivity contribution is 0.0730. The third-order valence-electron chi connectivity index (χ3n) is 3.87. The van der Waals surface area contributed by atoms with Crippen LogP contribution in [0.5, 0.6) is 5.75 Å². The predicted molar refractivity (Wildman–Crippen MR) is 92.7 cm³/mol. The number of nitrogens with zero attached hydrogens (tertiary/aromatic N) is 1. The van der Waals surface area contributed by atoms with E-state index in [0.29, 0.717) is 13.2 Å². The molecule has 1 aromatic heterocycles. The number of hydrogen-bond acceptors (Lipinski definition) is 6. The van der Waals surface area contributed by atoms with Crippen molar-refractivity contribution in [2.75, 3.05) is 31.6 Å². The molecule has 0 saturated carbocycles. The molecule has 3 rings (SSSR count). The number of rotatable bonds is 4. The monoisotopic (exact) mass is 379 g/mol. The number of H-pyrrole nitrogens is 1. The number of aromatic amines is 1. The number of anilines is 1. The molecule has 0 unspecified atom stereocenters. The van der Waals surface area contributed by atoms with Gasteiger partial charge in [-0.3, -0.25) is 9.59 Å². The number of aromatic nitrogens is 1. The lowest BCUT2D eigenvalue weighted by Gasteiger charge is -2.26.